The van der Waals surface area contributed by atoms with Gasteiger partial charge in [0, 0.05) is 25.6 Å². The summed E-state index contributed by atoms with van der Waals surface area (Å²) >= 11 is 0. The third-order valence-corrected chi connectivity index (χ3v) is 4.94. The van der Waals surface area contributed by atoms with E-state index in [-0.39, 0.29) is 12.0 Å². The predicted octanol–water partition coefficient (Wildman–Crippen LogP) is 2.79. The van der Waals surface area contributed by atoms with E-state index in [4.69, 9.17) is 4.74 Å². The van der Waals surface area contributed by atoms with Gasteiger partial charge in [0.15, 0.2) is 5.69 Å². The maximum Gasteiger partial charge on any atom is 0.276 e. The maximum absolute atomic E-state index is 13.1. The van der Waals surface area contributed by atoms with Crippen molar-refractivity contribution in [3.8, 4) is 5.69 Å². The van der Waals surface area contributed by atoms with Gasteiger partial charge < -0.3 is 9.64 Å². The second kappa shape index (κ2) is 6.96. The van der Waals surface area contributed by atoms with Crippen LogP contribution >= 0.6 is 0 Å². The topological polar surface area (TPSA) is 60.2 Å². The average molecular weight is 340 g/mol. The Morgan fingerprint density at radius 2 is 2.04 bits per heavy atom. The van der Waals surface area contributed by atoms with Crippen molar-refractivity contribution in [1.82, 2.24) is 19.9 Å². The zero-order chi connectivity index (χ0) is 17.2. The summed E-state index contributed by atoms with van der Waals surface area (Å²) in [6.45, 7) is 4.10. The van der Waals surface area contributed by atoms with E-state index in [0.29, 0.717) is 24.8 Å². The molecule has 0 spiro atoms. The first-order chi connectivity index (χ1) is 12.3. The standard InChI is InChI=1S/C19H24N4O2/c1-2-25-16-9-6-12-22(13-16)19(24)17-18(14-10-11-14)23(21-20-17)15-7-4-3-5-8-15/h3-5,7-8,14,16H,2,6,9-13H2,1H3. The van der Waals surface area contributed by atoms with Gasteiger partial charge in [0.1, 0.15) is 0 Å². The number of amides is 1. The normalized spacial score (nSPS) is 20.7. The van der Waals surface area contributed by atoms with Crippen LogP contribution in [0.25, 0.3) is 5.69 Å². The monoisotopic (exact) mass is 340 g/mol. The number of benzene rings is 1. The molecule has 0 N–H and O–H groups in total. The Morgan fingerprint density at radius 1 is 1.24 bits per heavy atom. The van der Waals surface area contributed by atoms with Crippen LogP contribution in [0, 0.1) is 0 Å². The van der Waals surface area contributed by atoms with Crippen LogP contribution in [0.1, 0.15) is 54.7 Å². The highest BCUT2D eigenvalue weighted by Gasteiger charge is 2.36. The SMILES string of the molecule is CCOC1CCCN(C(=O)c2nnn(-c3ccccc3)c2C2CC2)C1. The molecule has 1 aliphatic carbocycles. The van der Waals surface area contributed by atoms with Gasteiger partial charge in [0.2, 0.25) is 0 Å². The van der Waals surface area contributed by atoms with Crippen LogP contribution in [0.2, 0.25) is 0 Å². The molecule has 6 heteroatoms. The largest absolute Gasteiger partial charge is 0.377 e. The van der Waals surface area contributed by atoms with Crippen LogP contribution < -0.4 is 0 Å². The van der Waals surface area contributed by atoms with Gasteiger partial charge in [-0.1, -0.05) is 23.4 Å². The molecule has 2 fully saturated rings. The minimum atomic E-state index is -0.00603. The molecule has 1 amide bonds. The number of rotatable bonds is 5. The number of ether oxygens (including phenoxy) is 1. The first-order valence-corrected chi connectivity index (χ1v) is 9.19. The molecular formula is C19H24N4O2. The van der Waals surface area contributed by atoms with Gasteiger partial charge in [-0.15, -0.1) is 5.10 Å². The maximum atomic E-state index is 13.1. The molecule has 4 rings (SSSR count). The third-order valence-electron chi connectivity index (χ3n) is 4.94. The summed E-state index contributed by atoms with van der Waals surface area (Å²) in [6.07, 6.45) is 4.33. The third kappa shape index (κ3) is 3.31. The van der Waals surface area contributed by atoms with Gasteiger partial charge in [0.05, 0.1) is 17.5 Å². The van der Waals surface area contributed by atoms with Crippen molar-refractivity contribution in [1.29, 1.82) is 0 Å². The van der Waals surface area contributed by atoms with Crippen LogP contribution in [0.15, 0.2) is 30.3 Å². The fraction of sp³-hybridized carbons (Fsp3) is 0.526. The molecule has 2 heterocycles. The van der Waals surface area contributed by atoms with Gasteiger partial charge in [-0.2, -0.15) is 0 Å². The number of carbonyl (C=O) groups is 1. The zero-order valence-corrected chi connectivity index (χ0v) is 14.6. The van der Waals surface area contributed by atoms with Gasteiger partial charge in [-0.3, -0.25) is 4.79 Å². The number of carbonyl (C=O) groups excluding carboxylic acids is 1. The van der Waals surface area contributed by atoms with E-state index in [1.807, 2.05) is 46.8 Å². The lowest BCUT2D eigenvalue weighted by Gasteiger charge is -2.32. The van der Waals surface area contributed by atoms with Crippen molar-refractivity contribution in [3.63, 3.8) is 0 Å². The van der Waals surface area contributed by atoms with E-state index in [1.54, 1.807) is 0 Å². The highest BCUT2D eigenvalue weighted by atomic mass is 16.5. The smallest absolute Gasteiger partial charge is 0.276 e. The molecule has 6 nitrogen and oxygen atoms in total. The van der Waals surface area contributed by atoms with Gasteiger partial charge in [-0.05, 0) is 44.7 Å². The van der Waals surface area contributed by atoms with Crippen molar-refractivity contribution in [2.45, 2.75) is 44.6 Å². The fourth-order valence-corrected chi connectivity index (χ4v) is 3.57. The Balaban J connectivity index is 1.62. The van der Waals surface area contributed by atoms with Crippen molar-refractivity contribution < 1.29 is 9.53 Å². The van der Waals surface area contributed by atoms with E-state index in [9.17, 15) is 4.79 Å². The van der Waals surface area contributed by atoms with E-state index < -0.39 is 0 Å². The summed E-state index contributed by atoms with van der Waals surface area (Å²) in [6, 6.07) is 9.94. The number of hydrogen-bond donors (Lipinski definition) is 0. The number of aromatic nitrogens is 3. The molecule has 1 saturated heterocycles. The quantitative estimate of drug-likeness (QED) is 0.840. The highest BCUT2D eigenvalue weighted by Crippen LogP contribution is 2.42. The molecule has 1 atom stereocenters. The molecule has 2 aliphatic rings. The zero-order valence-electron chi connectivity index (χ0n) is 14.6. The lowest BCUT2D eigenvalue weighted by atomic mass is 10.1. The molecule has 1 saturated carbocycles. The van der Waals surface area contributed by atoms with Gasteiger partial charge >= 0.3 is 0 Å². The second-order valence-electron chi connectivity index (χ2n) is 6.82. The van der Waals surface area contributed by atoms with Gasteiger partial charge in [-0.25, -0.2) is 4.68 Å². The molecule has 1 aliphatic heterocycles. The minimum Gasteiger partial charge on any atom is -0.377 e. The number of para-hydroxylation sites is 1. The van der Waals surface area contributed by atoms with Crippen LogP contribution in [0.3, 0.4) is 0 Å². The molecule has 0 radical (unpaired) electrons. The molecule has 1 unspecified atom stereocenters. The van der Waals surface area contributed by atoms with Crippen molar-refractivity contribution in [3.05, 3.63) is 41.7 Å². The molecule has 1 aromatic heterocycles. The predicted molar refractivity (Wildman–Crippen MR) is 93.9 cm³/mol. The molecular weight excluding hydrogens is 316 g/mol. The Hall–Kier alpha value is -2.21. The molecule has 1 aromatic carbocycles. The Labute approximate surface area is 147 Å². The van der Waals surface area contributed by atoms with Crippen molar-refractivity contribution >= 4 is 5.91 Å². The first kappa shape index (κ1) is 16.3. The van der Waals surface area contributed by atoms with Crippen LogP contribution in [0.4, 0.5) is 0 Å². The number of piperidine rings is 1. The van der Waals surface area contributed by atoms with E-state index in [1.165, 1.54) is 0 Å². The molecule has 132 valence electrons. The summed E-state index contributed by atoms with van der Waals surface area (Å²) in [5.41, 5.74) is 2.44. The van der Waals surface area contributed by atoms with Crippen LogP contribution in [-0.4, -0.2) is 51.6 Å². The van der Waals surface area contributed by atoms with Crippen molar-refractivity contribution in [2.24, 2.45) is 0 Å². The average Bonchev–Trinajstić information content (AvgIpc) is 3.40. The number of hydrogen-bond acceptors (Lipinski definition) is 4. The van der Waals surface area contributed by atoms with Crippen molar-refractivity contribution in [2.75, 3.05) is 19.7 Å². The van der Waals surface area contributed by atoms with Crippen LogP contribution in [-0.2, 0) is 4.74 Å². The molecule has 0 bridgehead atoms. The summed E-state index contributed by atoms with van der Waals surface area (Å²) in [4.78, 5) is 15.0. The Bertz CT molecular complexity index is 737. The first-order valence-electron chi connectivity index (χ1n) is 9.19. The minimum absolute atomic E-state index is 0.00603. The number of likely N-dealkylation sites (tertiary alicyclic amines) is 1. The van der Waals surface area contributed by atoms with E-state index >= 15 is 0 Å². The van der Waals surface area contributed by atoms with Gasteiger partial charge in [0.25, 0.3) is 5.91 Å². The van der Waals surface area contributed by atoms with Crippen LogP contribution in [0.5, 0.6) is 0 Å². The molecule has 25 heavy (non-hydrogen) atoms. The highest BCUT2D eigenvalue weighted by molar-refractivity contribution is 5.93. The lowest BCUT2D eigenvalue weighted by molar-refractivity contribution is 0.00698. The Morgan fingerprint density at radius 3 is 2.76 bits per heavy atom. The lowest BCUT2D eigenvalue weighted by Crippen LogP contribution is -2.43. The number of nitrogens with zero attached hydrogens (tertiary/aromatic N) is 4. The Kier molecular flexibility index (Phi) is 4.53. The summed E-state index contributed by atoms with van der Waals surface area (Å²) < 4.78 is 7.57. The summed E-state index contributed by atoms with van der Waals surface area (Å²) in [5.74, 6) is 0.384. The summed E-state index contributed by atoms with van der Waals surface area (Å²) in [5, 5.41) is 8.59. The molecule has 2 aromatic rings. The van der Waals surface area contributed by atoms with E-state index in [2.05, 4.69) is 10.3 Å². The van der Waals surface area contributed by atoms with E-state index in [0.717, 1.165) is 43.6 Å². The second-order valence-corrected chi connectivity index (χ2v) is 6.82. The fourth-order valence-electron chi connectivity index (χ4n) is 3.57. The summed E-state index contributed by atoms with van der Waals surface area (Å²) in [7, 11) is 0.